The lowest BCUT2D eigenvalue weighted by atomic mass is 9.94. The van der Waals surface area contributed by atoms with Crippen molar-refractivity contribution in [3.05, 3.63) is 29.8 Å². The van der Waals surface area contributed by atoms with E-state index in [1.165, 1.54) is 43.0 Å². The minimum absolute atomic E-state index is 0.0402. The topological polar surface area (TPSA) is 662 Å². The summed E-state index contributed by atoms with van der Waals surface area (Å²) in [5.74, 6) is -17.5. The molecule has 1 heterocycles. The summed E-state index contributed by atoms with van der Waals surface area (Å²) in [6.07, 6.45) is -2.83. The minimum atomic E-state index is -1.95. The Hall–Kier alpha value is -9.32. The molecule has 13 amide bonds. The number of likely N-dealkylation sites (tertiary alicyclic amines) is 1. The highest BCUT2D eigenvalue weighted by atomic mass is 32.1. The number of hydrogen-bond acceptors (Lipinski definition) is 23. The molecule has 1 aliphatic heterocycles. The molecule has 39 nitrogen and oxygen atoms in total. The SMILES string of the molecule is CC[C@H](C)[C@H](NC(=O)[C@@H](NC(=O)[C@@H]1C[C@@H](O)CN1C(=O)[C@@H](N)C(C)C)[C@@H](C)CC)C(=O)N[C@@H](Cc1ccc(O)cc1)C(=O)N[C@H](C(=O)N[C@@H](CC(N)=O)C(=O)N[C@@H](CCCN=C(N)N)C(=O)N[C@@H](CCCN=C(N)N)C(=O)N[C@@H](CO)C(=O)N[C@H](CCN)C(=O)N[C@H](C(=O)N[C@@H](CS)C(=O)O)C(C)C)C(C)(C)S. The second kappa shape index (κ2) is 46.1. The highest BCUT2D eigenvalue weighted by Crippen LogP contribution is 2.24. The Labute approximate surface area is 638 Å². The Kier molecular flexibility index (Phi) is 40.5. The molecule has 1 aromatic carbocycles. The maximum absolute atomic E-state index is 14.9. The number of nitrogens with zero attached hydrogens (tertiary/aromatic N) is 3. The molecule has 108 heavy (non-hydrogen) atoms. The van der Waals surface area contributed by atoms with Crippen molar-refractivity contribution >= 4 is 120 Å². The molecular formula is C67H115N21O18S2. The molecule has 1 saturated heterocycles. The van der Waals surface area contributed by atoms with Crippen LogP contribution in [0.4, 0.5) is 0 Å². The number of aliphatic imine (C=N–C) groups is 2. The smallest absolute Gasteiger partial charge is 0.327 e. The number of phenolic OH excluding ortho intramolecular Hbond substituents is 1. The molecular weight excluding hydrogens is 1450 g/mol. The zero-order valence-electron chi connectivity index (χ0n) is 62.8. The van der Waals surface area contributed by atoms with Crippen LogP contribution in [-0.2, 0) is 73.5 Å². The van der Waals surface area contributed by atoms with Crippen molar-refractivity contribution in [3.63, 3.8) is 0 Å². The summed E-state index contributed by atoms with van der Waals surface area (Å²) in [5.41, 5.74) is 40.1. The van der Waals surface area contributed by atoms with E-state index in [0.717, 1.165) is 0 Å². The number of carboxylic acid groups (broad SMARTS) is 1. The van der Waals surface area contributed by atoms with E-state index in [2.05, 4.69) is 93.7 Å². The van der Waals surface area contributed by atoms with Crippen LogP contribution in [0.1, 0.15) is 133 Å². The number of aromatic hydroxyl groups is 1. The average molecular weight is 1570 g/mol. The summed E-state index contributed by atoms with van der Waals surface area (Å²) < 4.78 is -1.58. The molecule has 0 bridgehead atoms. The van der Waals surface area contributed by atoms with E-state index in [1.807, 2.05) is 0 Å². The van der Waals surface area contributed by atoms with Gasteiger partial charge in [-0.25, -0.2) is 4.79 Å². The van der Waals surface area contributed by atoms with Gasteiger partial charge in [0.15, 0.2) is 11.9 Å². The van der Waals surface area contributed by atoms with E-state index in [0.29, 0.717) is 12.0 Å². The van der Waals surface area contributed by atoms with Crippen LogP contribution in [0, 0.1) is 23.7 Å². The third kappa shape index (κ3) is 31.5. The molecule has 0 aromatic heterocycles. The van der Waals surface area contributed by atoms with Crippen molar-refractivity contribution in [2.45, 2.75) is 223 Å². The molecule has 1 fully saturated rings. The van der Waals surface area contributed by atoms with Gasteiger partial charge in [0, 0.05) is 43.0 Å². The number of phenols is 1. The quantitative estimate of drug-likeness (QED) is 0.0125. The van der Waals surface area contributed by atoms with Crippen LogP contribution in [0.15, 0.2) is 34.3 Å². The van der Waals surface area contributed by atoms with Crippen LogP contribution in [0.2, 0.25) is 0 Å². The maximum Gasteiger partial charge on any atom is 0.327 e. The molecule has 0 saturated carbocycles. The first-order chi connectivity index (χ1) is 50.5. The van der Waals surface area contributed by atoms with Gasteiger partial charge in [-0.15, -0.1) is 0 Å². The molecule has 2 rings (SSSR count). The summed E-state index contributed by atoms with van der Waals surface area (Å²) in [6.45, 7) is 14.4. The number of nitrogens with one attached hydrogen (secondary N) is 11. The van der Waals surface area contributed by atoms with Crippen molar-refractivity contribution in [2.75, 3.05) is 38.5 Å². The van der Waals surface area contributed by atoms with E-state index in [1.54, 1.807) is 55.4 Å². The van der Waals surface area contributed by atoms with Crippen molar-refractivity contribution < 1.29 is 87.5 Å². The number of aliphatic hydroxyl groups excluding tert-OH is 2. The molecule has 16 atom stereocenters. The highest BCUT2D eigenvalue weighted by molar-refractivity contribution is 7.81. The summed E-state index contributed by atoms with van der Waals surface area (Å²) in [6, 6.07) is -14.1. The van der Waals surface area contributed by atoms with Gasteiger partial charge in [0.2, 0.25) is 76.8 Å². The molecule has 0 aliphatic carbocycles. The zero-order valence-corrected chi connectivity index (χ0v) is 64.6. The number of rotatable bonds is 47. The average Bonchev–Trinajstić information content (AvgIpc) is 1.52. The number of carboxylic acids is 1. The molecule has 29 N–H and O–H groups in total. The maximum atomic E-state index is 14.9. The Morgan fingerprint density at radius 2 is 0.981 bits per heavy atom. The van der Waals surface area contributed by atoms with Crippen molar-refractivity contribution in [2.24, 2.45) is 73.8 Å². The van der Waals surface area contributed by atoms with Gasteiger partial charge in [-0.2, -0.15) is 25.3 Å². The number of aliphatic carboxylic acids is 1. The van der Waals surface area contributed by atoms with E-state index in [-0.39, 0.29) is 107 Å². The first kappa shape index (κ1) is 94.8. The van der Waals surface area contributed by atoms with Crippen LogP contribution in [0.5, 0.6) is 5.75 Å². The Morgan fingerprint density at radius 3 is 1.43 bits per heavy atom. The van der Waals surface area contributed by atoms with Crippen molar-refractivity contribution in [1.29, 1.82) is 0 Å². The Balaban J connectivity index is 2.62. The van der Waals surface area contributed by atoms with E-state index < -0.39 is 203 Å². The number of amides is 13. The third-order valence-corrected chi connectivity index (χ3v) is 18.5. The van der Waals surface area contributed by atoms with Gasteiger partial charge in [-0.3, -0.25) is 72.3 Å². The van der Waals surface area contributed by atoms with Crippen LogP contribution < -0.4 is 98.6 Å². The van der Waals surface area contributed by atoms with Gasteiger partial charge >= 0.3 is 5.97 Å². The molecule has 41 heteroatoms. The second-order valence-electron chi connectivity index (χ2n) is 27.9. The fourth-order valence-electron chi connectivity index (χ4n) is 11.0. The summed E-state index contributed by atoms with van der Waals surface area (Å²) in [5, 5.41) is 68.3. The predicted molar refractivity (Wildman–Crippen MR) is 405 cm³/mol. The van der Waals surface area contributed by atoms with Gasteiger partial charge in [-0.05, 0) is 93.9 Å². The summed E-state index contributed by atoms with van der Waals surface area (Å²) in [7, 11) is 0. The number of β-amino-alcohol motifs (C(OH)–C–C–N with tert-alkyl or cyclic N) is 1. The lowest BCUT2D eigenvalue weighted by molar-refractivity contribution is -0.142. The lowest BCUT2D eigenvalue weighted by Crippen LogP contribution is -2.64. The number of thiol groups is 2. The fraction of sp³-hybridized carbons (Fsp3) is 0.672. The van der Waals surface area contributed by atoms with E-state index in [9.17, 15) is 87.5 Å². The number of carbonyl (C=O) groups excluding carboxylic acids is 13. The first-order valence-corrected chi connectivity index (χ1v) is 36.7. The molecule has 0 spiro atoms. The van der Waals surface area contributed by atoms with Gasteiger partial charge < -0.3 is 124 Å². The number of benzene rings is 1. The number of nitrogens with two attached hydrogens (primary N) is 7. The van der Waals surface area contributed by atoms with E-state index >= 15 is 0 Å². The number of hydrogen-bond donors (Lipinski definition) is 24. The molecule has 1 aromatic rings. The lowest BCUT2D eigenvalue weighted by Gasteiger charge is -2.33. The molecule has 0 unspecified atom stereocenters. The Bertz CT molecular complexity index is 3300. The first-order valence-electron chi connectivity index (χ1n) is 35.6. The van der Waals surface area contributed by atoms with Crippen LogP contribution in [-0.4, -0.2) is 248 Å². The highest BCUT2D eigenvalue weighted by Gasteiger charge is 2.45. The van der Waals surface area contributed by atoms with Crippen LogP contribution >= 0.6 is 25.3 Å². The van der Waals surface area contributed by atoms with Gasteiger partial charge in [-0.1, -0.05) is 80.4 Å². The summed E-state index contributed by atoms with van der Waals surface area (Å²) in [4.78, 5) is 204. The standard InChI is InChI=1S/C67H115N21O18S2/c1-11-33(7)49(86-61(102)50(34(8)12-2)85-58(99)45-26-37(91)28-88(45)63(104)47(70)31(3)4)60(101)80-41(25-35-17-19-36(90)20-18-35)56(97)87-51(67(9,10)108)62(103)81-42(27-46(69)92)55(96)78-38(15-13-23-75-65(71)72)52(93)77-39(16-14-24-76-66(73)74)53(94)82-43(29-89)57(98)79-40(21-22-68)54(95)84-48(32(5)6)59(100)83-44(30-107)64(105)106/h17-20,31-34,37-45,47-51,89-91,107-108H,11-16,21-30,68,70H2,1-10H3,(H2,69,92)(H,77,93)(H,78,96)(H,79,98)(H,80,101)(H,81,103)(H,82,94)(H,83,100)(H,84,95)(H,85,99)(H,86,102)(H,87,97)(H,105,106)(H4,71,72,75)(H4,73,74,76)/t33-,34-,37+,38-,39-,40+,41-,42-,43-,44-,45-,47-,48-,49-,50-,51+/m0/s1. The molecule has 608 valence electrons. The van der Waals surface area contributed by atoms with Crippen LogP contribution in [0.3, 0.4) is 0 Å². The molecule has 0 radical (unpaired) electrons. The fourth-order valence-corrected chi connectivity index (χ4v) is 11.4. The monoisotopic (exact) mass is 1570 g/mol. The molecule has 1 aliphatic rings. The number of aliphatic hydroxyl groups is 2. The predicted octanol–water partition coefficient (Wildman–Crippen LogP) is -6.99. The second-order valence-corrected chi connectivity index (χ2v) is 29.4. The number of primary amides is 1. The number of guanidine groups is 2. The summed E-state index contributed by atoms with van der Waals surface area (Å²) >= 11 is 8.57. The zero-order chi connectivity index (χ0) is 82.2. The van der Waals surface area contributed by atoms with Crippen molar-refractivity contribution in [1.82, 2.24) is 63.4 Å². The van der Waals surface area contributed by atoms with Gasteiger partial charge in [0.1, 0.15) is 78.3 Å². The van der Waals surface area contributed by atoms with Gasteiger partial charge in [0.25, 0.3) is 0 Å². The van der Waals surface area contributed by atoms with Crippen LogP contribution in [0.25, 0.3) is 0 Å². The van der Waals surface area contributed by atoms with E-state index in [4.69, 9.17) is 40.1 Å². The Morgan fingerprint density at radius 1 is 0.565 bits per heavy atom. The van der Waals surface area contributed by atoms with Gasteiger partial charge in [0.05, 0.1) is 25.2 Å². The van der Waals surface area contributed by atoms with Crippen molar-refractivity contribution in [3.8, 4) is 5.75 Å². The number of carbonyl (C=O) groups is 14. The normalized spacial score (nSPS) is 17.4. The minimum Gasteiger partial charge on any atom is -0.508 e. The third-order valence-electron chi connectivity index (χ3n) is 17.9. The largest absolute Gasteiger partial charge is 0.508 e.